The van der Waals surface area contributed by atoms with Crippen LogP contribution in [0.2, 0.25) is 5.02 Å². The van der Waals surface area contributed by atoms with Crippen LogP contribution in [-0.4, -0.2) is 28.7 Å². The van der Waals surface area contributed by atoms with E-state index in [2.05, 4.69) is 4.98 Å². The SMILES string of the molecule is CCSc1nc2cccc([N+](=O)[O-])c2c(Cl)c1C(=O)OC. The normalized spacial score (nSPS) is 10.6. The summed E-state index contributed by atoms with van der Waals surface area (Å²) in [5.74, 6) is 0.0109. The van der Waals surface area contributed by atoms with E-state index in [1.165, 1.54) is 31.0 Å². The summed E-state index contributed by atoms with van der Waals surface area (Å²) in [6.07, 6.45) is 0. The fourth-order valence-corrected chi connectivity index (χ4v) is 3.09. The lowest BCUT2D eigenvalue weighted by atomic mass is 10.1. The van der Waals surface area contributed by atoms with Crippen LogP contribution >= 0.6 is 23.4 Å². The van der Waals surface area contributed by atoms with E-state index >= 15 is 0 Å². The summed E-state index contributed by atoms with van der Waals surface area (Å²) in [5, 5.41) is 11.7. The molecule has 8 heteroatoms. The molecule has 2 rings (SSSR count). The van der Waals surface area contributed by atoms with Gasteiger partial charge in [-0.05, 0) is 11.8 Å². The Morgan fingerprint density at radius 2 is 2.24 bits per heavy atom. The lowest BCUT2D eigenvalue weighted by Gasteiger charge is -2.11. The number of benzene rings is 1. The van der Waals surface area contributed by atoms with E-state index < -0.39 is 10.9 Å². The van der Waals surface area contributed by atoms with E-state index in [1.54, 1.807) is 6.07 Å². The van der Waals surface area contributed by atoms with E-state index in [1.807, 2.05) is 6.92 Å². The van der Waals surface area contributed by atoms with Gasteiger partial charge in [-0.2, -0.15) is 0 Å². The largest absolute Gasteiger partial charge is 0.465 e. The molecule has 1 aromatic heterocycles. The van der Waals surface area contributed by atoms with Crippen molar-refractivity contribution < 1.29 is 14.5 Å². The number of carbonyl (C=O) groups excluding carboxylic acids is 1. The summed E-state index contributed by atoms with van der Waals surface area (Å²) in [6, 6.07) is 4.47. The van der Waals surface area contributed by atoms with Gasteiger partial charge in [0.05, 0.1) is 28.0 Å². The van der Waals surface area contributed by atoms with Crippen LogP contribution < -0.4 is 0 Å². The molecule has 110 valence electrons. The van der Waals surface area contributed by atoms with Crippen LogP contribution in [-0.2, 0) is 4.74 Å². The number of nitro groups is 1. The first kappa shape index (κ1) is 15.5. The topological polar surface area (TPSA) is 82.3 Å². The molecule has 1 aromatic carbocycles. The molecule has 0 aliphatic rings. The highest BCUT2D eigenvalue weighted by molar-refractivity contribution is 7.99. The van der Waals surface area contributed by atoms with Crippen LogP contribution in [0.1, 0.15) is 17.3 Å². The first-order valence-electron chi connectivity index (χ1n) is 5.99. The lowest BCUT2D eigenvalue weighted by molar-refractivity contribution is -0.383. The van der Waals surface area contributed by atoms with Gasteiger partial charge in [-0.3, -0.25) is 10.1 Å². The molecule has 2 aromatic rings. The molecule has 0 saturated heterocycles. The third kappa shape index (κ3) is 2.79. The minimum atomic E-state index is -0.663. The van der Waals surface area contributed by atoms with E-state index in [4.69, 9.17) is 16.3 Å². The van der Waals surface area contributed by atoms with Crippen LogP contribution in [0.4, 0.5) is 5.69 Å². The summed E-state index contributed by atoms with van der Waals surface area (Å²) in [6.45, 7) is 1.90. The molecule has 6 nitrogen and oxygen atoms in total. The number of carbonyl (C=O) groups is 1. The number of methoxy groups -OCH3 is 1. The van der Waals surface area contributed by atoms with Crippen LogP contribution in [0.3, 0.4) is 0 Å². The molecule has 0 fully saturated rings. The molecule has 0 aliphatic carbocycles. The summed E-state index contributed by atoms with van der Waals surface area (Å²) >= 11 is 7.57. The van der Waals surface area contributed by atoms with E-state index in [-0.39, 0.29) is 21.7 Å². The zero-order chi connectivity index (χ0) is 15.6. The maximum Gasteiger partial charge on any atom is 0.342 e. The molecular formula is C13H11ClN2O4S. The number of esters is 1. The Hall–Kier alpha value is -1.86. The number of thioether (sulfide) groups is 1. The van der Waals surface area contributed by atoms with Crippen LogP contribution in [0.25, 0.3) is 10.9 Å². The van der Waals surface area contributed by atoms with Crippen molar-refractivity contribution in [1.29, 1.82) is 0 Å². The van der Waals surface area contributed by atoms with Gasteiger partial charge in [0.25, 0.3) is 5.69 Å². The summed E-state index contributed by atoms with van der Waals surface area (Å²) in [7, 11) is 1.22. The fourth-order valence-electron chi connectivity index (χ4n) is 1.90. The summed E-state index contributed by atoms with van der Waals surface area (Å²) in [5.41, 5.74) is 0.244. The number of nitrogens with zero attached hydrogens (tertiary/aromatic N) is 2. The lowest BCUT2D eigenvalue weighted by Crippen LogP contribution is -2.07. The summed E-state index contributed by atoms with van der Waals surface area (Å²) in [4.78, 5) is 26.8. The number of ether oxygens (including phenoxy) is 1. The molecule has 0 spiro atoms. The third-order valence-corrected chi connectivity index (χ3v) is 4.00. The Kier molecular flexibility index (Phi) is 4.64. The summed E-state index contributed by atoms with van der Waals surface area (Å²) < 4.78 is 4.71. The number of hydrogen-bond acceptors (Lipinski definition) is 6. The first-order chi connectivity index (χ1) is 10.0. The number of fused-ring (bicyclic) bond motifs is 1. The Morgan fingerprint density at radius 3 is 2.81 bits per heavy atom. The number of nitro benzene ring substituents is 1. The van der Waals surface area contributed by atoms with Crippen molar-refractivity contribution in [3.63, 3.8) is 0 Å². The fraction of sp³-hybridized carbons (Fsp3) is 0.231. The zero-order valence-electron chi connectivity index (χ0n) is 11.3. The van der Waals surface area contributed by atoms with Gasteiger partial charge in [0.15, 0.2) is 0 Å². The standard InChI is InChI=1S/C13H11ClN2O4S/c1-3-21-12-10(13(17)20-2)11(14)9-7(15-12)5-4-6-8(9)16(18)19/h4-6H,3H2,1-2H3. The Labute approximate surface area is 129 Å². The van der Waals surface area contributed by atoms with Crippen molar-refractivity contribution >= 4 is 45.9 Å². The molecule has 0 amide bonds. The van der Waals surface area contributed by atoms with E-state index in [0.717, 1.165) is 0 Å². The molecule has 1 heterocycles. The highest BCUT2D eigenvalue weighted by Gasteiger charge is 2.25. The minimum Gasteiger partial charge on any atom is -0.465 e. The Bertz CT molecular complexity index is 736. The second kappa shape index (κ2) is 6.28. The average molecular weight is 327 g/mol. The number of hydrogen-bond donors (Lipinski definition) is 0. The number of rotatable bonds is 4. The van der Waals surface area contributed by atoms with Gasteiger partial charge in [0.1, 0.15) is 10.6 Å². The Morgan fingerprint density at radius 1 is 1.52 bits per heavy atom. The van der Waals surface area contributed by atoms with Crippen molar-refractivity contribution in [2.45, 2.75) is 11.9 Å². The predicted molar refractivity (Wildman–Crippen MR) is 81.1 cm³/mol. The second-order valence-electron chi connectivity index (χ2n) is 3.96. The average Bonchev–Trinajstić information content (AvgIpc) is 2.46. The smallest absolute Gasteiger partial charge is 0.342 e. The van der Waals surface area contributed by atoms with Gasteiger partial charge in [-0.1, -0.05) is 24.6 Å². The van der Waals surface area contributed by atoms with Gasteiger partial charge >= 0.3 is 5.97 Å². The molecule has 0 bridgehead atoms. The van der Waals surface area contributed by atoms with Gasteiger partial charge in [-0.15, -0.1) is 11.8 Å². The third-order valence-electron chi connectivity index (χ3n) is 2.76. The molecule has 0 radical (unpaired) electrons. The molecule has 0 atom stereocenters. The second-order valence-corrected chi connectivity index (χ2v) is 5.59. The van der Waals surface area contributed by atoms with Crippen LogP contribution in [0, 0.1) is 10.1 Å². The van der Waals surface area contributed by atoms with Crippen LogP contribution in [0.15, 0.2) is 23.2 Å². The van der Waals surface area contributed by atoms with Crippen molar-refractivity contribution in [3.8, 4) is 0 Å². The van der Waals surface area contributed by atoms with Crippen molar-refractivity contribution in [2.75, 3.05) is 12.9 Å². The molecule has 21 heavy (non-hydrogen) atoms. The zero-order valence-corrected chi connectivity index (χ0v) is 12.8. The molecule has 0 aliphatic heterocycles. The van der Waals surface area contributed by atoms with Gasteiger partial charge in [0.2, 0.25) is 0 Å². The Balaban J connectivity index is 2.88. The van der Waals surface area contributed by atoms with Gasteiger partial charge < -0.3 is 4.74 Å². The quantitative estimate of drug-likeness (QED) is 0.369. The molecule has 0 unspecified atom stereocenters. The number of pyridine rings is 1. The molecule has 0 saturated carbocycles. The molecule has 0 N–H and O–H groups in total. The highest BCUT2D eigenvalue weighted by Crippen LogP contribution is 2.37. The first-order valence-corrected chi connectivity index (χ1v) is 7.35. The number of halogens is 1. The monoisotopic (exact) mass is 326 g/mol. The van der Waals surface area contributed by atoms with E-state index in [0.29, 0.717) is 16.3 Å². The predicted octanol–water partition coefficient (Wildman–Crippen LogP) is 3.70. The number of non-ortho nitro benzene ring substituents is 1. The van der Waals surface area contributed by atoms with Crippen molar-refractivity contribution in [2.24, 2.45) is 0 Å². The van der Waals surface area contributed by atoms with Gasteiger partial charge in [0, 0.05) is 6.07 Å². The van der Waals surface area contributed by atoms with E-state index in [9.17, 15) is 14.9 Å². The van der Waals surface area contributed by atoms with Crippen LogP contribution in [0.5, 0.6) is 0 Å². The highest BCUT2D eigenvalue weighted by atomic mass is 35.5. The number of aromatic nitrogens is 1. The van der Waals surface area contributed by atoms with Gasteiger partial charge in [-0.25, -0.2) is 9.78 Å². The minimum absolute atomic E-state index is 0.00454. The molecular weight excluding hydrogens is 316 g/mol. The maximum atomic E-state index is 11.9. The van der Waals surface area contributed by atoms with Crippen molar-refractivity contribution in [1.82, 2.24) is 4.98 Å². The maximum absolute atomic E-state index is 11.9. The van der Waals surface area contributed by atoms with Crippen molar-refractivity contribution in [3.05, 3.63) is 38.9 Å².